The van der Waals surface area contributed by atoms with Gasteiger partial charge >= 0.3 is 0 Å². The van der Waals surface area contributed by atoms with Gasteiger partial charge in [0.05, 0.1) is 5.52 Å². The minimum Gasteiger partial charge on any atom is -0.383 e. The van der Waals surface area contributed by atoms with E-state index < -0.39 is 0 Å². The zero-order valence-electron chi connectivity index (χ0n) is 9.96. The van der Waals surface area contributed by atoms with Gasteiger partial charge in [0, 0.05) is 23.3 Å². The van der Waals surface area contributed by atoms with E-state index >= 15 is 0 Å². The first-order valence-electron chi connectivity index (χ1n) is 5.68. The molecule has 4 heteroatoms. The molecule has 0 radical (unpaired) electrons. The van der Waals surface area contributed by atoms with Crippen molar-refractivity contribution in [2.24, 2.45) is 0 Å². The van der Waals surface area contributed by atoms with E-state index in [0.717, 1.165) is 22.0 Å². The van der Waals surface area contributed by atoms with Crippen LogP contribution in [0.25, 0.3) is 22.3 Å². The van der Waals surface area contributed by atoms with E-state index in [1.807, 2.05) is 37.3 Å². The molecule has 0 fully saturated rings. The van der Waals surface area contributed by atoms with Gasteiger partial charge in [-0.1, -0.05) is 6.07 Å². The lowest BCUT2D eigenvalue weighted by Gasteiger charge is -2.05. The number of nitrogen functional groups attached to an aromatic ring is 1. The number of benzene rings is 1. The molecule has 2 heterocycles. The molecule has 2 aromatic heterocycles. The fraction of sp³-hybridized carbons (Fsp3) is 0.0714. The smallest absolute Gasteiger partial charge is 0.163 e. The van der Waals surface area contributed by atoms with E-state index in [4.69, 9.17) is 5.73 Å². The minimum atomic E-state index is 0.499. The summed E-state index contributed by atoms with van der Waals surface area (Å²) in [6.07, 6.45) is 3.45. The van der Waals surface area contributed by atoms with Gasteiger partial charge in [0.2, 0.25) is 0 Å². The summed E-state index contributed by atoms with van der Waals surface area (Å²) < 4.78 is 0. The Morgan fingerprint density at radius 1 is 1.11 bits per heavy atom. The average molecular weight is 236 g/mol. The van der Waals surface area contributed by atoms with E-state index in [2.05, 4.69) is 15.0 Å². The van der Waals surface area contributed by atoms with Crippen LogP contribution in [0.2, 0.25) is 0 Å². The molecule has 2 N–H and O–H groups in total. The first-order valence-corrected chi connectivity index (χ1v) is 5.68. The van der Waals surface area contributed by atoms with Crippen molar-refractivity contribution in [3.8, 4) is 11.4 Å². The maximum Gasteiger partial charge on any atom is 0.163 e. The van der Waals surface area contributed by atoms with Crippen LogP contribution in [-0.2, 0) is 0 Å². The number of nitrogens with two attached hydrogens (primary N) is 1. The molecular formula is C14H12N4. The number of aromatic nitrogens is 3. The highest BCUT2D eigenvalue weighted by Gasteiger charge is 2.07. The predicted octanol–water partition coefficient (Wildman–Crippen LogP) is 2.58. The van der Waals surface area contributed by atoms with Crippen molar-refractivity contribution in [1.82, 2.24) is 15.0 Å². The summed E-state index contributed by atoms with van der Waals surface area (Å²) in [5.41, 5.74) is 8.85. The Hall–Kier alpha value is -2.49. The molecule has 0 aliphatic heterocycles. The van der Waals surface area contributed by atoms with Crippen LogP contribution in [-0.4, -0.2) is 15.0 Å². The first-order chi connectivity index (χ1) is 8.74. The van der Waals surface area contributed by atoms with E-state index in [1.54, 1.807) is 12.4 Å². The topological polar surface area (TPSA) is 64.7 Å². The highest BCUT2D eigenvalue weighted by atomic mass is 14.9. The van der Waals surface area contributed by atoms with Crippen LogP contribution in [0.3, 0.4) is 0 Å². The standard InChI is InChI=1S/C14H12N4/c1-9-4-5-11-12(7-9)17-14(18-13(11)15)10-3-2-6-16-8-10/h2-8H,1H3,(H2,15,17,18). The third-order valence-electron chi connectivity index (χ3n) is 2.80. The monoisotopic (exact) mass is 236 g/mol. The van der Waals surface area contributed by atoms with E-state index in [-0.39, 0.29) is 0 Å². The lowest BCUT2D eigenvalue weighted by atomic mass is 10.1. The van der Waals surface area contributed by atoms with Crippen molar-refractivity contribution in [3.05, 3.63) is 48.3 Å². The highest BCUT2D eigenvalue weighted by molar-refractivity contribution is 5.89. The van der Waals surface area contributed by atoms with E-state index in [1.165, 1.54) is 0 Å². The van der Waals surface area contributed by atoms with Crippen LogP contribution in [0.5, 0.6) is 0 Å². The summed E-state index contributed by atoms with van der Waals surface area (Å²) in [5, 5.41) is 0.883. The number of rotatable bonds is 1. The van der Waals surface area contributed by atoms with Crippen molar-refractivity contribution in [2.75, 3.05) is 5.73 Å². The van der Waals surface area contributed by atoms with Gasteiger partial charge in [0.15, 0.2) is 5.82 Å². The number of fused-ring (bicyclic) bond motifs is 1. The fourth-order valence-corrected chi connectivity index (χ4v) is 1.89. The van der Waals surface area contributed by atoms with Gasteiger partial charge in [-0.05, 0) is 36.8 Å². The zero-order chi connectivity index (χ0) is 12.5. The lowest BCUT2D eigenvalue weighted by molar-refractivity contribution is 1.21. The molecule has 88 valence electrons. The van der Waals surface area contributed by atoms with Crippen molar-refractivity contribution in [2.45, 2.75) is 6.92 Å². The SMILES string of the molecule is Cc1ccc2c(N)nc(-c3cccnc3)nc2c1. The fourth-order valence-electron chi connectivity index (χ4n) is 1.89. The molecule has 0 aliphatic rings. The van der Waals surface area contributed by atoms with Crippen LogP contribution >= 0.6 is 0 Å². The van der Waals surface area contributed by atoms with Crippen molar-refractivity contribution >= 4 is 16.7 Å². The number of anilines is 1. The van der Waals surface area contributed by atoms with Crippen LogP contribution in [0.15, 0.2) is 42.7 Å². The molecule has 3 aromatic rings. The first kappa shape index (κ1) is 10.7. The molecule has 0 saturated carbocycles. The molecule has 0 bridgehead atoms. The number of pyridine rings is 1. The van der Waals surface area contributed by atoms with Crippen LogP contribution in [0.4, 0.5) is 5.82 Å². The Morgan fingerprint density at radius 2 is 2.00 bits per heavy atom. The molecule has 0 aliphatic carbocycles. The van der Waals surface area contributed by atoms with Gasteiger partial charge in [-0.15, -0.1) is 0 Å². The lowest BCUT2D eigenvalue weighted by Crippen LogP contribution is -1.98. The molecule has 0 saturated heterocycles. The number of hydrogen-bond donors (Lipinski definition) is 1. The van der Waals surface area contributed by atoms with Gasteiger partial charge in [-0.3, -0.25) is 4.98 Å². The third-order valence-corrected chi connectivity index (χ3v) is 2.80. The second kappa shape index (κ2) is 4.07. The van der Waals surface area contributed by atoms with Gasteiger partial charge in [-0.2, -0.15) is 0 Å². The quantitative estimate of drug-likeness (QED) is 0.705. The maximum atomic E-state index is 5.97. The Kier molecular flexibility index (Phi) is 2.41. The highest BCUT2D eigenvalue weighted by Crippen LogP contribution is 2.23. The predicted molar refractivity (Wildman–Crippen MR) is 71.9 cm³/mol. The van der Waals surface area contributed by atoms with Gasteiger partial charge < -0.3 is 5.73 Å². The van der Waals surface area contributed by atoms with Crippen LogP contribution in [0.1, 0.15) is 5.56 Å². The molecule has 0 amide bonds. The second-order valence-corrected chi connectivity index (χ2v) is 4.19. The van der Waals surface area contributed by atoms with E-state index in [0.29, 0.717) is 11.6 Å². The molecular weight excluding hydrogens is 224 g/mol. The summed E-state index contributed by atoms with van der Waals surface area (Å²) in [4.78, 5) is 12.9. The van der Waals surface area contributed by atoms with Gasteiger partial charge in [0.25, 0.3) is 0 Å². The Labute approximate surface area is 105 Å². The Morgan fingerprint density at radius 3 is 2.78 bits per heavy atom. The third kappa shape index (κ3) is 1.78. The van der Waals surface area contributed by atoms with Crippen molar-refractivity contribution < 1.29 is 0 Å². The zero-order valence-corrected chi connectivity index (χ0v) is 9.96. The molecule has 0 atom stereocenters. The van der Waals surface area contributed by atoms with Crippen molar-refractivity contribution in [1.29, 1.82) is 0 Å². The number of hydrogen-bond acceptors (Lipinski definition) is 4. The number of aryl methyl sites for hydroxylation is 1. The molecule has 18 heavy (non-hydrogen) atoms. The summed E-state index contributed by atoms with van der Waals surface area (Å²) in [6.45, 7) is 2.03. The largest absolute Gasteiger partial charge is 0.383 e. The summed E-state index contributed by atoms with van der Waals surface area (Å²) >= 11 is 0. The van der Waals surface area contributed by atoms with Crippen LogP contribution in [0, 0.1) is 6.92 Å². The minimum absolute atomic E-state index is 0.499. The summed E-state index contributed by atoms with van der Waals surface area (Å²) in [7, 11) is 0. The molecule has 0 unspecified atom stereocenters. The maximum absolute atomic E-state index is 5.97. The second-order valence-electron chi connectivity index (χ2n) is 4.19. The molecule has 0 spiro atoms. The summed E-state index contributed by atoms with van der Waals surface area (Å²) in [5.74, 6) is 1.11. The molecule has 1 aromatic carbocycles. The Balaban J connectivity index is 2.27. The van der Waals surface area contributed by atoms with Crippen LogP contribution < -0.4 is 5.73 Å². The normalized spacial score (nSPS) is 10.7. The summed E-state index contributed by atoms with van der Waals surface area (Å²) in [6, 6.07) is 9.74. The van der Waals surface area contributed by atoms with E-state index in [9.17, 15) is 0 Å². The van der Waals surface area contributed by atoms with Gasteiger partial charge in [-0.25, -0.2) is 9.97 Å². The molecule has 4 nitrogen and oxygen atoms in total. The van der Waals surface area contributed by atoms with Crippen molar-refractivity contribution in [3.63, 3.8) is 0 Å². The Bertz CT molecular complexity index is 708. The van der Waals surface area contributed by atoms with Gasteiger partial charge in [0.1, 0.15) is 5.82 Å². The average Bonchev–Trinajstić information content (AvgIpc) is 2.39. The molecule has 3 rings (SSSR count). The number of nitrogens with zero attached hydrogens (tertiary/aromatic N) is 3.